The van der Waals surface area contributed by atoms with Crippen molar-refractivity contribution in [2.45, 2.75) is 187 Å². The number of hydrogen-bond acceptors (Lipinski definition) is 2. The molecule has 2 N–H and O–H groups in total. The summed E-state index contributed by atoms with van der Waals surface area (Å²) in [6.07, 6.45) is 35.4. The second-order valence-electron chi connectivity index (χ2n) is 13.5. The van der Waals surface area contributed by atoms with Crippen LogP contribution in [0.2, 0.25) is 0 Å². The number of carbonyl (C=O) groups is 1. The molecule has 0 saturated heterocycles. The monoisotopic (exact) mass is 594 g/mol. The van der Waals surface area contributed by atoms with Gasteiger partial charge in [-0.25, -0.2) is 0 Å². The normalized spacial score (nSPS) is 13.7. The lowest BCUT2D eigenvalue weighted by molar-refractivity contribution is -0.121. The molecule has 0 aliphatic heterocycles. The first-order valence-electron chi connectivity index (χ1n) is 18.9. The number of aryl methyl sites for hydroxylation is 1. The number of anilines is 1. The van der Waals surface area contributed by atoms with Crippen LogP contribution in [0, 0.1) is 0 Å². The molecule has 2 aromatic rings. The minimum Gasteiger partial charge on any atom is -0.382 e. The smallest absolute Gasteiger partial charge is 0.220 e. The van der Waals surface area contributed by atoms with Crippen LogP contribution in [0.5, 0.6) is 0 Å². The summed E-state index contributed by atoms with van der Waals surface area (Å²) in [5.74, 6) is 0.217. The first kappa shape index (κ1) is 35.5. The molecule has 1 aromatic carbocycles. The van der Waals surface area contributed by atoms with Crippen LogP contribution in [-0.4, -0.2) is 23.1 Å². The molecule has 1 heterocycles. The van der Waals surface area contributed by atoms with Gasteiger partial charge >= 0.3 is 0 Å². The average molecular weight is 594 g/mol. The van der Waals surface area contributed by atoms with E-state index in [2.05, 4.69) is 53.4 Å². The van der Waals surface area contributed by atoms with Gasteiger partial charge in [-0.1, -0.05) is 135 Å². The van der Waals surface area contributed by atoms with Crippen molar-refractivity contribution >= 4 is 22.5 Å². The van der Waals surface area contributed by atoms with Crippen molar-refractivity contribution in [3.63, 3.8) is 0 Å². The molecule has 1 fully saturated rings. The summed E-state index contributed by atoms with van der Waals surface area (Å²) >= 11 is 0. The molecule has 4 heteroatoms. The molecule has 4 nitrogen and oxygen atoms in total. The highest BCUT2D eigenvalue weighted by atomic mass is 16.1. The van der Waals surface area contributed by atoms with Crippen LogP contribution in [0.25, 0.3) is 10.9 Å². The molecule has 3 rings (SSSR count). The second-order valence-corrected chi connectivity index (χ2v) is 13.5. The number of amides is 1. The van der Waals surface area contributed by atoms with Crippen molar-refractivity contribution in [2.24, 2.45) is 0 Å². The summed E-state index contributed by atoms with van der Waals surface area (Å²) in [4.78, 5) is 12.5. The van der Waals surface area contributed by atoms with Crippen LogP contribution in [-0.2, 0) is 17.8 Å². The third-order valence-electron chi connectivity index (χ3n) is 9.75. The zero-order chi connectivity index (χ0) is 30.4. The number of hydrogen-bond donors (Lipinski definition) is 2. The van der Waals surface area contributed by atoms with Gasteiger partial charge in [0, 0.05) is 48.3 Å². The van der Waals surface area contributed by atoms with Crippen LogP contribution in [0.4, 0.5) is 5.69 Å². The molecule has 0 atom stereocenters. The Balaban J connectivity index is 1.14. The quantitative estimate of drug-likeness (QED) is 0.107. The van der Waals surface area contributed by atoms with Crippen molar-refractivity contribution in [3.8, 4) is 0 Å². The second kappa shape index (κ2) is 22.5. The summed E-state index contributed by atoms with van der Waals surface area (Å²) in [5, 5.41) is 8.27. The Bertz CT molecular complexity index is 990. The van der Waals surface area contributed by atoms with Crippen molar-refractivity contribution in [2.75, 3.05) is 11.9 Å². The summed E-state index contributed by atoms with van der Waals surface area (Å²) in [6.45, 7) is 6.19. The zero-order valence-electron chi connectivity index (χ0n) is 28.3. The molecule has 1 aliphatic carbocycles. The lowest BCUT2D eigenvalue weighted by Gasteiger charge is -2.14. The fourth-order valence-corrected chi connectivity index (χ4v) is 7.02. The maximum absolute atomic E-state index is 12.5. The Hall–Kier alpha value is -1.97. The van der Waals surface area contributed by atoms with E-state index >= 15 is 0 Å². The molecule has 0 radical (unpaired) electrons. The number of fused-ring (bicyclic) bond motifs is 1. The summed E-state index contributed by atoms with van der Waals surface area (Å²) in [6, 6.07) is 7.45. The van der Waals surface area contributed by atoms with Crippen LogP contribution in [0.15, 0.2) is 24.4 Å². The molecular weight excluding hydrogens is 526 g/mol. The lowest BCUT2D eigenvalue weighted by Crippen LogP contribution is -2.25. The highest BCUT2D eigenvalue weighted by molar-refractivity contribution is 5.87. The van der Waals surface area contributed by atoms with Gasteiger partial charge in [-0.15, -0.1) is 0 Å². The standard InChI is InChI=1S/C39H67N3O/c1-3-5-6-7-8-9-10-11-12-13-14-15-16-17-18-19-20-21-22-27-39(43)40-31-30-34-33-42(4-2)38-29-28-36(32-37(34)38)41-35-25-23-24-26-35/h28-29,32-33,35,41H,3-27,30-31H2,1-2H3,(H,40,43). The van der Waals surface area contributed by atoms with E-state index in [-0.39, 0.29) is 5.91 Å². The van der Waals surface area contributed by atoms with E-state index in [1.807, 2.05) is 0 Å². The topological polar surface area (TPSA) is 46.1 Å². The first-order chi connectivity index (χ1) is 21.2. The number of benzene rings is 1. The molecule has 0 spiro atoms. The summed E-state index contributed by atoms with van der Waals surface area (Å²) < 4.78 is 2.34. The molecule has 1 amide bonds. The van der Waals surface area contributed by atoms with E-state index in [4.69, 9.17) is 0 Å². The van der Waals surface area contributed by atoms with Crippen molar-refractivity contribution < 1.29 is 4.79 Å². The van der Waals surface area contributed by atoms with Crippen LogP contribution in [0.1, 0.15) is 174 Å². The van der Waals surface area contributed by atoms with Crippen molar-refractivity contribution in [1.82, 2.24) is 9.88 Å². The molecule has 43 heavy (non-hydrogen) atoms. The van der Waals surface area contributed by atoms with Crippen molar-refractivity contribution in [1.29, 1.82) is 0 Å². The fourth-order valence-electron chi connectivity index (χ4n) is 7.02. The Morgan fingerprint density at radius 3 is 1.81 bits per heavy atom. The Morgan fingerprint density at radius 2 is 1.28 bits per heavy atom. The van der Waals surface area contributed by atoms with Gasteiger partial charge in [0.05, 0.1) is 0 Å². The van der Waals surface area contributed by atoms with E-state index in [0.717, 1.165) is 25.9 Å². The maximum Gasteiger partial charge on any atom is 0.220 e. The van der Waals surface area contributed by atoms with Gasteiger partial charge in [0.2, 0.25) is 5.91 Å². The minimum absolute atomic E-state index is 0.217. The number of aromatic nitrogens is 1. The number of unbranched alkanes of at least 4 members (excludes halogenated alkanes) is 18. The maximum atomic E-state index is 12.5. The lowest BCUT2D eigenvalue weighted by atomic mass is 10.0. The van der Waals surface area contributed by atoms with Gasteiger partial charge < -0.3 is 15.2 Å². The molecule has 0 unspecified atom stereocenters. The van der Waals surface area contributed by atoms with Crippen LogP contribution >= 0.6 is 0 Å². The molecule has 1 saturated carbocycles. The van der Waals surface area contributed by atoms with Gasteiger partial charge in [0.25, 0.3) is 0 Å². The average Bonchev–Trinajstić information content (AvgIpc) is 3.66. The molecular formula is C39H67N3O. The molecule has 1 aromatic heterocycles. The number of carbonyl (C=O) groups excluding carboxylic acids is 1. The molecule has 244 valence electrons. The van der Waals surface area contributed by atoms with Gasteiger partial charge in [-0.05, 0) is 56.4 Å². The zero-order valence-corrected chi connectivity index (χ0v) is 28.3. The van der Waals surface area contributed by atoms with Gasteiger partial charge in [-0.2, -0.15) is 0 Å². The predicted molar refractivity (Wildman–Crippen MR) is 188 cm³/mol. The Kier molecular flexibility index (Phi) is 18.6. The summed E-state index contributed by atoms with van der Waals surface area (Å²) in [5.41, 5.74) is 3.88. The third kappa shape index (κ3) is 14.6. The van der Waals surface area contributed by atoms with Gasteiger partial charge in [-0.3, -0.25) is 4.79 Å². The summed E-state index contributed by atoms with van der Waals surface area (Å²) in [7, 11) is 0. The molecule has 0 bridgehead atoms. The van der Waals surface area contributed by atoms with Gasteiger partial charge in [0.15, 0.2) is 0 Å². The number of nitrogens with zero attached hydrogens (tertiary/aromatic N) is 1. The fraction of sp³-hybridized carbons (Fsp3) is 0.769. The molecule has 1 aliphatic rings. The third-order valence-corrected chi connectivity index (χ3v) is 9.75. The van der Waals surface area contributed by atoms with E-state index in [1.54, 1.807) is 0 Å². The van der Waals surface area contributed by atoms with Crippen LogP contribution < -0.4 is 10.6 Å². The minimum atomic E-state index is 0.217. The number of nitrogens with one attached hydrogen (secondary N) is 2. The van der Waals surface area contributed by atoms with E-state index in [0.29, 0.717) is 12.5 Å². The van der Waals surface area contributed by atoms with E-state index in [9.17, 15) is 4.79 Å². The highest BCUT2D eigenvalue weighted by Gasteiger charge is 2.15. The van der Waals surface area contributed by atoms with E-state index in [1.165, 1.54) is 163 Å². The first-order valence-corrected chi connectivity index (χ1v) is 18.9. The number of rotatable bonds is 26. The SMILES string of the molecule is CCCCCCCCCCCCCCCCCCCCCC(=O)NCCc1cn(CC)c2ccc(NC3CCCC3)cc12. The van der Waals surface area contributed by atoms with Crippen molar-refractivity contribution in [3.05, 3.63) is 30.0 Å². The highest BCUT2D eigenvalue weighted by Crippen LogP contribution is 2.28. The van der Waals surface area contributed by atoms with Gasteiger partial charge in [0.1, 0.15) is 0 Å². The Morgan fingerprint density at radius 1 is 0.744 bits per heavy atom. The predicted octanol–water partition coefficient (Wildman–Crippen LogP) is 11.5. The Labute approximate surface area is 265 Å². The largest absolute Gasteiger partial charge is 0.382 e. The van der Waals surface area contributed by atoms with E-state index < -0.39 is 0 Å². The van der Waals surface area contributed by atoms with Crippen LogP contribution in [0.3, 0.4) is 0 Å².